The van der Waals surface area contributed by atoms with Crippen LogP contribution in [-0.4, -0.2) is 19.9 Å². The van der Waals surface area contributed by atoms with Gasteiger partial charge in [0.05, 0.1) is 11.2 Å². The van der Waals surface area contributed by atoms with Crippen molar-refractivity contribution in [2.24, 2.45) is 0 Å². The lowest BCUT2D eigenvalue weighted by molar-refractivity contribution is 0.596. The number of nitrogens with zero attached hydrogens (tertiary/aromatic N) is 3. The van der Waals surface area contributed by atoms with Crippen LogP contribution in [0.2, 0.25) is 0 Å². The molecule has 3 rings (SSSR count). The lowest BCUT2D eigenvalue weighted by Crippen LogP contribution is -1.81. The molecule has 0 fully saturated rings. The summed E-state index contributed by atoms with van der Waals surface area (Å²) in [4.78, 5) is 16.2. The fourth-order valence-corrected chi connectivity index (χ4v) is 2.00. The number of imidazole rings is 1. The van der Waals surface area contributed by atoms with Crippen molar-refractivity contribution in [1.82, 2.24) is 19.9 Å². The third-order valence-electron chi connectivity index (χ3n) is 1.87. The maximum atomic E-state index is 5.24. The predicted octanol–water partition coefficient (Wildman–Crippen LogP) is 2.10. The molecule has 0 aliphatic heterocycles. The van der Waals surface area contributed by atoms with Crippen LogP contribution in [0.5, 0.6) is 0 Å². The maximum absolute atomic E-state index is 5.24. The van der Waals surface area contributed by atoms with Crippen LogP contribution in [0.3, 0.4) is 0 Å². The van der Waals surface area contributed by atoms with Gasteiger partial charge in [0.2, 0.25) is 5.71 Å². The Morgan fingerprint density at radius 2 is 2.07 bits per heavy atom. The molecule has 5 nitrogen and oxygen atoms in total. The van der Waals surface area contributed by atoms with Crippen LogP contribution in [0, 0.1) is 0 Å². The van der Waals surface area contributed by atoms with Gasteiger partial charge in [0.1, 0.15) is 11.8 Å². The van der Waals surface area contributed by atoms with Gasteiger partial charge in [-0.3, -0.25) is 0 Å². The first kappa shape index (κ1) is 8.49. The third kappa shape index (κ3) is 1.48. The number of aromatic nitrogens is 4. The number of aromatic amines is 1. The van der Waals surface area contributed by atoms with Crippen LogP contribution >= 0.6 is 11.8 Å². The van der Waals surface area contributed by atoms with Crippen molar-refractivity contribution in [1.29, 1.82) is 0 Å². The Hall–Kier alpha value is -1.82. The highest BCUT2D eigenvalue weighted by Gasteiger charge is 2.10. The molecule has 0 aromatic carbocycles. The van der Waals surface area contributed by atoms with Crippen molar-refractivity contribution in [3.05, 3.63) is 31.1 Å². The van der Waals surface area contributed by atoms with E-state index in [1.54, 1.807) is 31.1 Å². The molecule has 0 aliphatic rings. The van der Waals surface area contributed by atoms with Crippen molar-refractivity contribution in [3.8, 4) is 0 Å². The fourth-order valence-electron chi connectivity index (χ4n) is 1.23. The Morgan fingerprint density at radius 3 is 2.93 bits per heavy atom. The summed E-state index contributed by atoms with van der Waals surface area (Å²) in [6.45, 7) is 0. The first-order chi connectivity index (χ1) is 7.43. The van der Waals surface area contributed by atoms with E-state index in [2.05, 4.69) is 19.9 Å². The minimum atomic E-state index is 0.605. The zero-order valence-electron chi connectivity index (χ0n) is 7.54. The SMILES string of the molecule is c1cnc(Sc2coc3nc[nH]c23)nc1. The Balaban J connectivity index is 1.99. The second kappa shape index (κ2) is 3.39. The Kier molecular flexibility index (Phi) is 1.92. The molecular formula is C9H6N4OS. The molecule has 0 unspecified atom stereocenters. The molecule has 0 aliphatic carbocycles. The molecule has 15 heavy (non-hydrogen) atoms. The monoisotopic (exact) mass is 218 g/mol. The molecule has 3 heterocycles. The average molecular weight is 218 g/mol. The van der Waals surface area contributed by atoms with Gasteiger partial charge in [-0.25, -0.2) is 15.0 Å². The number of furan rings is 1. The topological polar surface area (TPSA) is 67.6 Å². The van der Waals surface area contributed by atoms with E-state index in [4.69, 9.17) is 4.42 Å². The predicted molar refractivity (Wildman–Crippen MR) is 54.5 cm³/mol. The van der Waals surface area contributed by atoms with Crippen molar-refractivity contribution in [3.63, 3.8) is 0 Å². The minimum absolute atomic E-state index is 0.605. The van der Waals surface area contributed by atoms with E-state index in [1.807, 2.05) is 0 Å². The van der Waals surface area contributed by atoms with E-state index in [0.29, 0.717) is 10.9 Å². The minimum Gasteiger partial charge on any atom is -0.444 e. The van der Waals surface area contributed by atoms with Crippen LogP contribution in [0.15, 0.2) is 45.5 Å². The van der Waals surface area contributed by atoms with E-state index in [1.165, 1.54) is 11.8 Å². The highest BCUT2D eigenvalue weighted by atomic mass is 32.2. The maximum Gasteiger partial charge on any atom is 0.245 e. The van der Waals surface area contributed by atoms with Gasteiger partial charge in [-0.05, 0) is 17.8 Å². The first-order valence-corrected chi connectivity index (χ1v) is 5.10. The molecule has 0 atom stereocenters. The molecular weight excluding hydrogens is 212 g/mol. The van der Waals surface area contributed by atoms with Crippen LogP contribution in [0.1, 0.15) is 0 Å². The zero-order chi connectivity index (χ0) is 10.1. The average Bonchev–Trinajstić information content (AvgIpc) is 2.85. The van der Waals surface area contributed by atoms with Crippen LogP contribution < -0.4 is 0 Å². The molecule has 0 amide bonds. The number of fused-ring (bicyclic) bond motifs is 1. The number of nitrogens with one attached hydrogen (secondary N) is 1. The number of H-pyrrole nitrogens is 1. The van der Waals surface area contributed by atoms with Gasteiger partial charge < -0.3 is 9.40 Å². The molecule has 3 aromatic heterocycles. The van der Waals surface area contributed by atoms with E-state index in [9.17, 15) is 0 Å². The molecule has 0 saturated carbocycles. The first-order valence-electron chi connectivity index (χ1n) is 4.29. The highest BCUT2D eigenvalue weighted by Crippen LogP contribution is 2.30. The summed E-state index contributed by atoms with van der Waals surface area (Å²) in [6, 6.07) is 1.78. The van der Waals surface area contributed by atoms with Gasteiger partial charge in [0.25, 0.3) is 0 Å². The Labute approximate surface area is 89.0 Å². The summed E-state index contributed by atoms with van der Waals surface area (Å²) in [7, 11) is 0. The van der Waals surface area contributed by atoms with E-state index in [0.717, 1.165) is 10.4 Å². The molecule has 3 aromatic rings. The van der Waals surface area contributed by atoms with Gasteiger partial charge in [0, 0.05) is 12.4 Å². The number of hydrogen-bond acceptors (Lipinski definition) is 5. The third-order valence-corrected chi connectivity index (χ3v) is 2.79. The normalized spacial score (nSPS) is 10.9. The Bertz CT molecular complexity index is 574. The van der Waals surface area contributed by atoms with Gasteiger partial charge >= 0.3 is 0 Å². The summed E-state index contributed by atoms with van der Waals surface area (Å²) >= 11 is 1.44. The molecule has 74 valence electrons. The molecule has 0 spiro atoms. The standard InChI is InChI=1S/C9H6N4OS/c1-2-10-9(11-3-1)15-6-4-14-8-7(6)12-5-13-8/h1-5H,(H,12,13). The van der Waals surface area contributed by atoms with Crippen molar-refractivity contribution >= 4 is 23.0 Å². The summed E-state index contributed by atoms with van der Waals surface area (Å²) in [5.74, 6) is 0. The van der Waals surface area contributed by atoms with Crippen LogP contribution in [-0.2, 0) is 0 Å². The smallest absolute Gasteiger partial charge is 0.245 e. The van der Waals surface area contributed by atoms with E-state index >= 15 is 0 Å². The number of rotatable bonds is 2. The van der Waals surface area contributed by atoms with Crippen molar-refractivity contribution < 1.29 is 4.42 Å². The summed E-state index contributed by atoms with van der Waals surface area (Å²) < 4.78 is 5.24. The van der Waals surface area contributed by atoms with Gasteiger partial charge in [0.15, 0.2) is 5.16 Å². The molecule has 0 bridgehead atoms. The molecule has 1 N–H and O–H groups in total. The molecule has 0 radical (unpaired) electrons. The second-order valence-electron chi connectivity index (χ2n) is 2.82. The molecule has 0 saturated heterocycles. The second-order valence-corrected chi connectivity index (χ2v) is 3.83. The largest absolute Gasteiger partial charge is 0.444 e. The van der Waals surface area contributed by atoms with Crippen molar-refractivity contribution in [2.75, 3.05) is 0 Å². The molecule has 6 heteroatoms. The van der Waals surface area contributed by atoms with Gasteiger partial charge in [-0.2, -0.15) is 0 Å². The summed E-state index contributed by atoms with van der Waals surface area (Å²) in [5, 5.41) is 0.690. The highest BCUT2D eigenvalue weighted by molar-refractivity contribution is 7.99. The lowest BCUT2D eigenvalue weighted by atomic mass is 10.6. The lowest BCUT2D eigenvalue weighted by Gasteiger charge is -1.93. The van der Waals surface area contributed by atoms with Crippen LogP contribution in [0.4, 0.5) is 0 Å². The Morgan fingerprint density at radius 1 is 1.20 bits per heavy atom. The zero-order valence-corrected chi connectivity index (χ0v) is 8.36. The number of hydrogen-bond donors (Lipinski definition) is 1. The van der Waals surface area contributed by atoms with E-state index < -0.39 is 0 Å². The van der Waals surface area contributed by atoms with Crippen molar-refractivity contribution in [2.45, 2.75) is 10.1 Å². The summed E-state index contributed by atoms with van der Waals surface area (Å²) in [5.41, 5.74) is 1.49. The fraction of sp³-hybridized carbons (Fsp3) is 0. The van der Waals surface area contributed by atoms with E-state index in [-0.39, 0.29) is 0 Å². The summed E-state index contributed by atoms with van der Waals surface area (Å²) in [6.07, 6.45) is 6.67. The quantitative estimate of drug-likeness (QED) is 0.667. The van der Waals surface area contributed by atoms with Gasteiger partial charge in [-0.1, -0.05) is 0 Å². The van der Waals surface area contributed by atoms with Gasteiger partial charge in [-0.15, -0.1) is 0 Å². The van der Waals surface area contributed by atoms with Crippen LogP contribution in [0.25, 0.3) is 11.2 Å².